The molecule has 1 fully saturated rings. The lowest BCUT2D eigenvalue weighted by Gasteiger charge is -2.26. The highest BCUT2D eigenvalue weighted by atomic mass is 35.5. The van der Waals surface area contributed by atoms with E-state index in [0.717, 1.165) is 51.4 Å². The third-order valence-corrected chi connectivity index (χ3v) is 3.62. The molecule has 1 aliphatic rings. The van der Waals surface area contributed by atoms with Crippen LogP contribution in [0.1, 0.15) is 12.0 Å². The number of benzene rings is 1. The fraction of sp³-hybridized carbons (Fsp3) is 0.571. The number of nitrogens with zero attached hydrogens (tertiary/aromatic N) is 1. The summed E-state index contributed by atoms with van der Waals surface area (Å²) in [7, 11) is 0. The standard InChI is InChI=1S/C14H20ClFN2O/c15-14-3-2-13(16)10-12(14)11-17-4-1-5-18-6-8-19-9-7-18/h2-3,10,17H,1,4-9,11H2. The summed E-state index contributed by atoms with van der Waals surface area (Å²) in [4.78, 5) is 2.40. The van der Waals surface area contributed by atoms with Crippen molar-refractivity contribution in [3.8, 4) is 0 Å². The van der Waals surface area contributed by atoms with E-state index in [9.17, 15) is 4.39 Å². The molecule has 0 bridgehead atoms. The van der Waals surface area contributed by atoms with Gasteiger partial charge in [-0.3, -0.25) is 4.90 Å². The van der Waals surface area contributed by atoms with Gasteiger partial charge in [-0.05, 0) is 43.3 Å². The second-order valence-corrected chi connectivity index (χ2v) is 5.13. The Morgan fingerprint density at radius 2 is 2.11 bits per heavy atom. The maximum atomic E-state index is 13.1. The van der Waals surface area contributed by atoms with E-state index < -0.39 is 0 Å². The molecule has 0 spiro atoms. The number of halogens is 2. The summed E-state index contributed by atoms with van der Waals surface area (Å²) in [5, 5.41) is 3.91. The molecule has 1 heterocycles. The van der Waals surface area contributed by atoms with Gasteiger partial charge in [0.25, 0.3) is 0 Å². The normalized spacial score (nSPS) is 16.7. The lowest BCUT2D eigenvalue weighted by Crippen LogP contribution is -2.37. The monoisotopic (exact) mass is 286 g/mol. The number of hydrogen-bond acceptors (Lipinski definition) is 3. The zero-order valence-corrected chi connectivity index (χ0v) is 11.8. The maximum Gasteiger partial charge on any atom is 0.123 e. The fourth-order valence-corrected chi connectivity index (χ4v) is 2.34. The zero-order chi connectivity index (χ0) is 13.5. The van der Waals surface area contributed by atoms with Crippen LogP contribution in [0, 0.1) is 5.82 Å². The second kappa shape index (κ2) is 7.80. The molecule has 19 heavy (non-hydrogen) atoms. The predicted octanol–water partition coefficient (Wildman–Crippen LogP) is 2.29. The molecule has 1 aromatic carbocycles. The van der Waals surface area contributed by atoms with Crippen LogP contribution in [0.2, 0.25) is 5.02 Å². The van der Waals surface area contributed by atoms with Crippen LogP contribution >= 0.6 is 11.6 Å². The van der Waals surface area contributed by atoms with Crippen LogP contribution in [0.5, 0.6) is 0 Å². The van der Waals surface area contributed by atoms with E-state index in [4.69, 9.17) is 16.3 Å². The lowest BCUT2D eigenvalue weighted by molar-refractivity contribution is 0.0374. The first-order valence-corrected chi connectivity index (χ1v) is 7.08. The van der Waals surface area contributed by atoms with E-state index in [0.29, 0.717) is 11.6 Å². The molecule has 2 rings (SSSR count). The summed E-state index contributed by atoms with van der Waals surface area (Å²) in [6.45, 7) is 6.32. The molecule has 1 saturated heterocycles. The summed E-state index contributed by atoms with van der Waals surface area (Å²) in [5.74, 6) is -0.241. The first kappa shape index (κ1) is 14.7. The molecule has 0 atom stereocenters. The highest BCUT2D eigenvalue weighted by Crippen LogP contribution is 2.16. The number of ether oxygens (including phenoxy) is 1. The van der Waals surface area contributed by atoms with Gasteiger partial charge < -0.3 is 10.1 Å². The van der Waals surface area contributed by atoms with Gasteiger partial charge >= 0.3 is 0 Å². The minimum atomic E-state index is -0.241. The Balaban J connectivity index is 1.62. The van der Waals surface area contributed by atoms with Crippen LogP contribution in [0.4, 0.5) is 4.39 Å². The summed E-state index contributed by atoms with van der Waals surface area (Å²) in [6, 6.07) is 4.46. The predicted molar refractivity (Wildman–Crippen MR) is 75.0 cm³/mol. The molecular formula is C14H20ClFN2O. The van der Waals surface area contributed by atoms with Crippen molar-refractivity contribution < 1.29 is 9.13 Å². The average molecular weight is 287 g/mol. The summed E-state index contributed by atoms with van der Waals surface area (Å²) >= 11 is 6.00. The first-order chi connectivity index (χ1) is 9.25. The molecule has 0 radical (unpaired) electrons. The lowest BCUT2D eigenvalue weighted by atomic mass is 10.2. The van der Waals surface area contributed by atoms with Gasteiger partial charge in [-0.2, -0.15) is 0 Å². The van der Waals surface area contributed by atoms with Crippen molar-refractivity contribution in [1.29, 1.82) is 0 Å². The van der Waals surface area contributed by atoms with Crippen LogP contribution in [0.25, 0.3) is 0 Å². The Morgan fingerprint density at radius 3 is 2.89 bits per heavy atom. The van der Waals surface area contributed by atoms with Crippen molar-refractivity contribution in [1.82, 2.24) is 10.2 Å². The Bertz CT molecular complexity index is 397. The van der Waals surface area contributed by atoms with Crippen LogP contribution < -0.4 is 5.32 Å². The number of rotatable bonds is 6. The van der Waals surface area contributed by atoms with Gasteiger partial charge in [-0.15, -0.1) is 0 Å². The van der Waals surface area contributed by atoms with Crippen LogP contribution in [-0.4, -0.2) is 44.3 Å². The number of nitrogens with one attached hydrogen (secondary N) is 1. The third kappa shape index (κ3) is 5.07. The van der Waals surface area contributed by atoms with Gasteiger partial charge in [-0.1, -0.05) is 11.6 Å². The average Bonchev–Trinajstić information content (AvgIpc) is 2.43. The van der Waals surface area contributed by atoms with Crippen LogP contribution in [-0.2, 0) is 11.3 Å². The molecule has 106 valence electrons. The molecule has 0 aliphatic carbocycles. The smallest absolute Gasteiger partial charge is 0.123 e. The van der Waals surface area contributed by atoms with Gasteiger partial charge in [0.1, 0.15) is 5.82 Å². The van der Waals surface area contributed by atoms with E-state index in [-0.39, 0.29) is 5.82 Å². The van der Waals surface area contributed by atoms with Crippen molar-refractivity contribution >= 4 is 11.6 Å². The fourth-order valence-electron chi connectivity index (χ4n) is 2.15. The SMILES string of the molecule is Fc1ccc(Cl)c(CNCCCN2CCOCC2)c1. The molecule has 0 amide bonds. The van der Waals surface area contributed by atoms with Gasteiger partial charge in [-0.25, -0.2) is 4.39 Å². The highest BCUT2D eigenvalue weighted by molar-refractivity contribution is 6.31. The summed E-state index contributed by atoms with van der Waals surface area (Å²) in [6.07, 6.45) is 1.08. The minimum Gasteiger partial charge on any atom is -0.379 e. The van der Waals surface area contributed by atoms with Gasteiger partial charge in [0.15, 0.2) is 0 Å². The van der Waals surface area contributed by atoms with Crippen molar-refractivity contribution in [3.05, 3.63) is 34.6 Å². The second-order valence-electron chi connectivity index (χ2n) is 4.72. The molecule has 0 aromatic heterocycles. The quantitative estimate of drug-likeness (QED) is 0.812. The topological polar surface area (TPSA) is 24.5 Å². The molecule has 3 nitrogen and oxygen atoms in total. The van der Waals surface area contributed by atoms with E-state index in [2.05, 4.69) is 10.2 Å². The first-order valence-electron chi connectivity index (χ1n) is 6.70. The summed E-state index contributed by atoms with van der Waals surface area (Å²) < 4.78 is 18.4. The zero-order valence-electron chi connectivity index (χ0n) is 11.0. The largest absolute Gasteiger partial charge is 0.379 e. The van der Waals surface area contributed by atoms with E-state index in [1.54, 1.807) is 6.07 Å². The van der Waals surface area contributed by atoms with Crippen LogP contribution in [0.3, 0.4) is 0 Å². The maximum absolute atomic E-state index is 13.1. The van der Waals surface area contributed by atoms with E-state index in [1.165, 1.54) is 12.1 Å². The Morgan fingerprint density at radius 1 is 1.32 bits per heavy atom. The molecule has 0 unspecified atom stereocenters. The Labute approximate surface area is 118 Å². The Hall–Kier alpha value is -0.680. The molecule has 5 heteroatoms. The molecule has 0 saturated carbocycles. The van der Waals surface area contributed by atoms with Gasteiger partial charge in [0, 0.05) is 24.7 Å². The van der Waals surface area contributed by atoms with E-state index >= 15 is 0 Å². The Kier molecular flexibility index (Phi) is 6.04. The third-order valence-electron chi connectivity index (χ3n) is 3.25. The molecule has 1 N–H and O–H groups in total. The number of morpholine rings is 1. The van der Waals surface area contributed by atoms with Crippen molar-refractivity contribution in [3.63, 3.8) is 0 Å². The molecule has 1 aliphatic heterocycles. The van der Waals surface area contributed by atoms with Crippen molar-refractivity contribution in [2.45, 2.75) is 13.0 Å². The van der Waals surface area contributed by atoms with Gasteiger partial charge in [0.2, 0.25) is 0 Å². The highest BCUT2D eigenvalue weighted by Gasteiger charge is 2.09. The van der Waals surface area contributed by atoms with Crippen molar-refractivity contribution in [2.24, 2.45) is 0 Å². The number of hydrogen-bond donors (Lipinski definition) is 1. The van der Waals surface area contributed by atoms with Crippen molar-refractivity contribution in [2.75, 3.05) is 39.4 Å². The molecular weight excluding hydrogens is 267 g/mol. The van der Waals surface area contributed by atoms with Gasteiger partial charge in [0.05, 0.1) is 13.2 Å². The summed E-state index contributed by atoms with van der Waals surface area (Å²) in [5.41, 5.74) is 0.813. The molecule has 1 aromatic rings. The van der Waals surface area contributed by atoms with Crippen LogP contribution in [0.15, 0.2) is 18.2 Å². The van der Waals surface area contributed by atoms with E-state index in [1.807, 2.05) is 0 Å². The minimum absolute atomic E-state index is 0.241.